The molecule has 0 bridgehead atoms. The summed E-state index contributed by atoms with van der Waals surface area (Å²) in [7, 11) is 0. The van der Waals surface area contributed by atoms with Gasteiger partial charge in [-0.1, -0.05) is 13.8 Å². The van der Waals surface area contributed by atoms with Crippen LogP contribution in [0.25, 0.3) is 0 Å². The molecule has 0 aliphatic rings. The Morgan fingerprint density at radius 1 is 1.71 bits per heavy atom. The summed E-state index contributed by atoms with van der Waals surface area (Å²) in [5, 5.41) is 0. The van der Waals surface area contributed by atoms with Crippen molar-refractivity contribution < 1.29 is 4.65 Å². The highest BCUT2D eigenvalue weighted by Gasteiger charge is 1.90. The molecule has 41 valence electrons. The molecule has 0 spiro atoms. The second-order valence-electron chi connectivity index (χ2n) is 1.82. The molecule has 0 saturated heterocycles. The van der Waals surface area contributed by atoms with Crippen LogP contribution < -0.4 is 0 Å². The van der Waals surface area contributed by atoms with Crippen molar-refractivity contribution in [2.24, 2.45) is 5.92 Å². The molecule has 0 aromatic heterocycles. The van der Waals surface area contributed by atoms with Gasteiger partial charge in [0.05, 0.1) is 0 Å². The molecule has 1 radical (unpaired) electrons. The lowest BCUT2D eigenvalue weighted by atomic mass is 10.2. The molecule has 0 aromatic carbocycles. The van der Waals surface area contributed by atoms with Gasteiger partial charge in [-0.3, -0.25) is 0 Å². The van der Waals surface area contributed by atoms with Crippen LogP contribution in [0.15, 0.2) is 0 Å². The zero-order valence-corrected chi connectivity index (χ0v) is 5.40. The van der Waals surface area contributed by atoms with Crippen LogP contribution in [0.2, 0.25) is 0 Å². The van der Waals surface area contributed by atoms with Crippen molar-refractivity contribution in [1.29, 1.82) is 0 Å². The van der Waals surface area contributed by atoms with E-state index in [4.69, 9.17) is 16.1 Å². The lowest BCUT2D eigenvalue weighted by Crippen LogP contribution is -2.01. The number of rotatable bonds is 3. The average Bonchev–Trinajstić information content (AvgIpc) is 1.61. The molecule has 0 rings (SSSR count). The van der Waals surface area contributed by atoms with E-state index in [1.807, 2.05) is 0 Å². The normalized spacial score (nSPS) is 9.71. The molecule has 0 aliphatic carbocycles. The molecule has 1 nitrogen and oxygen atoms in total. The van der Waals surface area contributed by atoms with Gasteiger partial charge in [0.2, 0.25) is 0 Å². The van der Waals surface area contributed by atoms with Crippen LogP contribution in [0, 0.1) is 5.92 Å². The summed E-state index contributed by atoms with van der Waals surface area (Å²) >= 11 is 5.10. The molecule has 3 heteroatoms. The summed E-state index contributed by atoms with van der Waals surface area (Å²) in [4.78, 5) is 0. The van der Waals surface area contributed by atoms with E-state index < -0.39 is 0 Å². The smallest absolute Gasteiger partial charge is 0.414 e. The van der Waals surface area contributed by atoms with Gasteiger partial charge in [-0.25, -0.2) is 0 Å². The fraction of sp³-hybridized carbons (Fsp3) is 1.00. The van der Waals surface area contributed by atoms with Gasteiger partial charge >= 0.3 is 6.90 Å². The summed E-state index contributed by atoms with van der Waals surface area (Å²) in [6.45, 7) is 6.05. The largest absolute Gasteiger partial charge is 0.424 e. The summed E-state index contributed by atoms with van der Waals surface area (Å²) in [5.74, 6) is 0.565. The highest BCUT2D eigenvalue weighted by Crippen LogP contribution is 1.90. The van der Waals surface area contributed by atoms with Crippen LogP contribution >= 0.6 is 11.5 Å². The number of hydrogen-bond acceptors (Lipinski definition) is 1. The third-order valence-corrected chi connectivity index (χ3v) is 0.619. The Morgan fingerprint density at radius 2 is 2.29 bits per heavy atom. The molecule has 0 saturated carbocycles. The first kappa shape index (κ1) is 7.31. The minimum Gasteiger partial charge on any atom is -0.424 e. The van der Waals surface area contributed by atoms with Gasteiger partial charge in [0, 0.05) is 6.61 Å². The van der Waals surface area contributed by atoms with E-state index in [0.29, 0.717) is 12.5 Å². The van der Waals surface area contributed by atoms with Crippen LogP contribution in [0.4, 0.5) is 0 Å². The zero-order valence-electron chi connectivity index (χ0n) is 4.65. The highest BCUT2D eigenvalue weighted by molar-refractivity contribution is 6.89. The fourth-order valence-electron chi connectivity index (χ4n) is 0.229. The summed E-state index contributed by atoms with van der Waals surface area (Å²) in [6.07, 6.45) is 0. The molecule has 0 unspecified atom stereocenters. The lowest BCUT2D eigenvalue weighted by Gasteiger charge is -2.00. The predicted octanol–water partition coefficient (Wildman–Crippen LogP) is 1.43. The van der Waals surface area contributed by atoms with E-state index in [1.54, 1.807) is 0 Å². The molecule has 0 heterocycles. The van der Waals surface area contributed by atoms with Crippen molar-refractivity contribution in [2.45, 2.75) is 13.8 Å². The van der Waals surface area contributed by atoms with Crippen LogP contribution in [-0.4, -0.2) is 13.5 Å². The molecule has 0 aliphatic heterocycles. The Kier molecular flexibility index (Phi) is 4.67. The maximum Gasteiger partial charge on any atom is 0.414 e. The molecule has 0 amide bonds. The van der Waals surface area contributed by atoms with E-state index in [2.05, 4.69) is 13.8 Å². The van der Waals surface area contributed by atoms with Gasteiger partial charge in [0.1, 0.15) is 0 Å². The number of hydrogen-bond donors (Lipinski definition) is 0. The van der Waals surface area contributed by atoms with Crippen molar-refractivity contribution in [3.8, 4) is 0 Å². The van der Waals surface area contributed by atoms with E-state index in [9.17, 15) is 0 Å². The topological polar surface area (TPSA) is 9.23 Å². The standard InChI is InChI=1S/C4H9BClO/c1-4(2)3-7-5-6/h4H,3H2,1-2H3. The van der Waals surface area contributed by atoms with Gasteiger partial charge in [0.25, 0.3) is 0 Å². The molecular formula is C4H9BClO. The Balaban J connectivity index is 2.68. The third kappa shape index (κ3) is 6.31. The summed E-state index contributed by atoms with van der Waals surface area (Å²) < 4.78 is 4.74. The predicted molar refractivity (Wildman–Crippen MR) is 32.4 cm³/mol. The maximum atomic E-state index is 5.10. The fourth-order valence-corrected chi connectivity index (χ4v) is 0.302. The van der Waals surface area contributed by atoms with Crippen molar-refractivity contribution in [2.75, 3.05) is 6.61 Å². The second-order valence-corrected chi connectivity index (χ2v) is 1.99. The second kappa shape index (κ2) is 4.47. The van der Waals surface area contributed by atoms with E-state index in [-0.39, 0.29) is 0 Å². The van der Waals surface area contributed by atoms with Crippen LogP contribution in [0.1, 0.15) is 13.8 Å². The van der Waals surface area contributed by atoms with Crippen LogP contribution in [0.3, 0.4) is 0 Å². The van der Waals surface area contributed by atoms with E-state index >= 15 is 0 Å². The average molecular weight is 119 g/mol. The molecule has 0 atom stereocenters. The number of halogens is 1. The molecule has 7 heavy (non-hydrogen) atoms. The van der Waals surface area contributed by atoms with Gasteiger partial charge < -0.3 is 4.65 Å². The zero-order chi connectivity index (χ0) is 5.70. The first-order valence-electron chi connectivity index (χ1n) is 2.31. The van der Waals surface area contributed by atoms with Gasteiger partial charge in [-0.05, 0) is 5.92 Å². The Morgan fingerprint density at radius 3 is 2.43 bits per heavy atom. The van der Waals surface area contributed by atoms with Crippen molar-refractivity contribution in [3.63, 3.8) is 0 Å². The Labute approximate surface area is 50.2 Å². The molecule has 0 N–H and O–H groups in total. The SMILES string of the molecule is CC(C)CO[B]Cl. The maximum absolute atomic E-state index is 5.10. The Bertz CT molecular complexity index is 40.7. The summed E-state index contributed by atoms with van der Waals surface area (Å²) in [6, 6.07) is 0. The van der Waals surface area contributed by atoms with Gasteiger partial charge in [-0.2, -0.15) is 11.5 Å². The van der Waals surface area contributed by atoms with Crippen molar-refractivity contribution >= 4 is 18.4 Å². The van der Waals surface area contributed by atoms with Gasteiger partial charge in [0.15, 0.2) is 0 Å². The third-order valence-electron chi connectivity index (χ3n) is 0.493. The van der Waals surface area contributed by atoms with Crippen LogP contribution in [0.5, 0.6) is 0 Å². The van der Waals surface area contributed by atoms with E-state index in [0.717, 1.165) is 0 Å². The molecule has 0 aromatic rings. The summed E-state index contributed by atoms with van der Waals surface area (Å²) in [5.41, 5.74) is 0. The molecular weight excluding hydrogens is 110 g/mol. The highest BCUT2D eigenvalue weighted by atomic mass is 35.5. The Hall–Kier alpha value is 0.315. The minimum absolute atomic E-state index is 0.565. The lowest BCUT2D eigenvalue weighted by molar-refractivity contribution is 0.292. The quantitative estimate of drug-likeness (QED) is 0.511. The van der Waals surface area contributed by atoms with E-state index in [1.165, 1.54) is 6.90 Å². The first-order valence-corrected chi connectivity index (χ1v) is 2.74. The van der Waals surface area contributed by atoms with Crippen molar-refractivity contribution in [1.82, 2.24) is 0 Å². The van der Waals surface area contributed by atoms with Gasteiger partial charge in [-0.15, -0.1) is 0 Å². The molecule has 0 fully saturated rings. The van der Waals surface area contributed by atoms with Crippen LogP contribution in [-0.2, 0) is 4.65 Å². The monoisotopic (exact) mass is 119 g/mol. The van der Waals surface area contributed by atoms with Crippen molar-refractivity contribution in [3.05, 3.63) is 0 Å². The first-order chi connectivity index (χ1) is 3.27. The minimum atomic E-state index is 0.565.